The molecule has 0 aromatic heterocycles. The third kappa shape index (κ3) is 4.49. The quantitative estimate of drug-likeness (QED) is 0.791. The van der Waals surface area contributed by atoms with Crippen molar-refractivity contribution in [3.8, 4) is 17.2 Å². The second-order valence-electron chi connectivity index (χ2n) is 6.55. The number of hydrogen-bond acceptors (Lipinski definition) is 5. The first-order chi connectivity index (χ1) is 12.9. The normalized spacial score (nSPS) is 12.0. The highest BCUT2D eigenvalue weighted by molar-refractivity contribution is 5.96. The van der Waals surface area contributed by atoms with E-state index in [1.54, 1.807) is 18.2 Å². The third-order valence-corrected chi connectivity index (χ3v) is 4.10. The first kappa shape index (κ1) is 18.6. The Hall–Kier alpha value is -3.22. The molecule has 2 N–H and O–H groups in total. The highest BCUT2D eigenvalue weighted by Gasteiger charge is 2.17. The summed E-state index contributed by atoms with van der Waals surface area (Å²) in [7, 11) is 0. The van der Waals surface area contributed by atoms with Gasteiger partial charge in [-0.15, -0.1) is 0 Å². The number of hydrogen-bond donors (Lipinski definition) is 2. The first-order valence-electron chi connectivity index (χ1n) is 8.66. The van der Waals surface area contributed by atoms with Crippen LogP contribution in [0.5, 0.6) is 17.2 Å². The number of ether oxygens (including phenoxy) is 3. The maximum absolute atomic E-state index is 12.1. The van der Waals surface area contributed by atoms with Crippen molar-refractivity contribution in [2.75, 3.05) is 13.4 Å². The number of carbonyl (C=O) groups excluding carboxylic acids is 2. The lowest BCUT2D eigenvalue weighted by atomic mass is 10.0. The number of aryl methyl sites for hydroxylation is 1. The second-order valence-corrected chi connectivity index (χ2v) is 6.55. The van der Waals surface area contributed by atoms with Crippen LogP contribution in [0.1, 0.15) is 41.3 Å². The van der Waals surface area contributed by atoms with Crippen LogP contribution in [0.4, 0.5) is 0 Å². The fourth-order valence-electron chi connectivity index (χ4n) is 2.66. The molecule has 0 unspecified atom stereocenters. The fourth-order valence-corrected chi connectivity index (χ4v) is 2.66. The molecule has 2 aromatic carbocycles. The van der Waals surface area contributed by atoms with Crippen molar-refractivity contribution in [3.63, 3.8) is 0 Å². The van der Waals surface area contributed by atoms with Crippen molar-refractivity contribution in [2.24, 2.45) is 0 Å². The predicted octanol–water partition coefficient (Wildman–Crippen LogP) is 2.69. The average Bonchev–Trinajstić information content (AvgIpc) is 3.11. The van der Waals surface area contributed by atoms with E-state index in [0.29, 0.717) is 22.8 Å². The smallest absolute Gasteiger partial charge is 0.276 e. The topological polar surface area (TPSA) is 85.9 Å². The molecule has 0 spiro atoms. The van der Waals surface area contributed by atoms with E-state index in [0.717, 1.165) is 11.1 Å². The molecule has 0 aliphatic carbocycles. The van der Waals surface area contributed by atoms with E-state index < -0.39 is 11.8 Å². The highest BCUT2D eigenvalue weighted by Crippen LogP contribution is 2.32. The van der Waals surface area contributed by atoms with Crippen LogP contribution in [-0.2, 0) is 4.79 Å². The number of nitrogens with one attached hydrogen (secondary N) is 2. The molecule has 7 nitrogen and oxygen atoms in total. The summed E-state index contributed by atoms with van der Waals surface area (Å²) in [6.45, 7) is 6.01. The minimum Gasteiger partial charge on any atom is -0.483 e. The zero-order valence-electron chi connectivity index (χ0n) is 15.5. The summed E-state index contributed by atoms with van der Waals surface area (Å²) >= 11 is 0. The van der Waals surface area contributed by atoms with E-state index in [9.17, 15) is 9.59 Å². The minimum atomic E-state index is -0.458. The summed E-state index contributed by atoms with van der Waals surface area (Å²) in [5, 5.41) is 0. The predicted molar refractivity (Wildman–Crippen MR) is 98.9 cm³/mol. The van der Waals surface area contributed by atoms with Crippen LogP contribution in [-0.4, -0.2) is 25.2 Å². The minimum absolute atomic E-state index is 0.131. The van der Waals surface area contributed by atoms with E-state index in [4.69, 9.17) is 14.2 Å². The molecule has 1 aliphatic heterocycles. The summed E-state index contributed by atoms with van der Waals surface area (Å²) in [4.78, 5) is 24.2. The molecule has 0 radical (unpaired) electrons. The standard InChI is InChI=1S/C20H22N2O5/c1-12(2)15-6-4-13(3)8-17(15)25-10-19(23)21-22-20(24)14-5-7-16-18(9-14)27-11-26-16/h4-9,12H,10-11H2,1-3H3,(H,21,23)(H,22,24). The van der Waals surface area contributed by atoms with Crippen LogP contribution in [0.15, 0.2) is 36.4 Å². The Morgan fingerprint density at radius 1 is 1.07 bits per heavy atom. The van der Waals surface area contributed by atoms with Crippen molar-refractivity contribution >= 4 is 11.8 Å². The van der Waals surface area contributed by atoms with Gasteiger partial charge in [-0.2, -0.15) is 0 Å². The lowest BCUT2D eigenvalue weighted by molar-refractivity contribution is -0.123. The highest BCUT2D eigenvalue weighted by atomic mass is 16.7. The Balaban J connectivity index is 1.53. The largest absolute Gasteiger partial charge is 0.483 e. The van der Waals surface area contributed by atoms with E-state index in [1.807, 2.05) is 25.1 Å². The third-order valence-electron chi connectivity index (χ3n) is 4.10. The van der Waals surface area contributed by atoms with E-state index >= 15 is 0 Å². The molecule has 2 amide bonds. The number of fused-ring (bicyclic) bond motifs is 1. The van der Waals surface area contributed by atoms with Gasteiger partial charge in [0.25, 0.3) is 11.8 Å². The molecule has 0 atom stereocenters. The van der Waals surface area contributed by atoms with E-state index in [2.05, 4.69) is 24.7 Å². The lowest BCUT2D eigenvalue weighted by Crippen LogP contribution is -2.43. The molecule has 142 valence electrons. The Bertz CT molecular complexity index is 863. The molecule has 0 fully saturated rings. The summed E-state index contributed by atoms with van der Waals surface area (Å²) in [5.41, 5.74) is 7.13. The van der Waals surface area contributed by atoms with E-state index in [1.165, 1.54) is 0 Å². The molecule has 1 aliphatic rings. The van der Waals surface area contributed by atoms with Gasteiger partial charge < -0.3 is 14.2 Å². The Morgan fingerprint density at radius 3 is 2.63 bits per heavy atom. The molecule has 0 saturated carbocycles. The van der Waals surface area contributed by atoms with Gasteiger partial charge in [0.05, 0.1) is 0 Å². The molecule has 3 rings (SSSR count). The summed E-state index contributed by atoms with van der Waals surface area (Å²) in [6.07, 6.45) is 0. The van der Waals surface area contributed by atoms with Gasteiger partial charge in [0.1, 0.15) is 5.75 Å². The number of carbonyl (C=O) groups is 2. The van der Waals surface area contributed by atoms with Gasteiger partial charge in [0.2, 0.25) is 6.79 Å². The molecule has 0 saturated heterocycles. The van der Waals surface area contributed by atoms with E-state index in [-0.39, 0.29) is 19.3 Å². The SMILES string of the molecule is Cc1ccc(C(C)C)c(OCC(=O)NNC(=O)c2ccc3c(c2)OCO3)c1. The zero-order chi connectivity index (χ0) is 19.4. The van der Waals surface area contributed by atoms with Crippen LogP contribution >= 0.6 is 0 Å². The lowest BCUT2D eigenvalue weighted by Gasteiger charge is -2.15. The van der Waals surface area contributed by atoms with Crippen molar-refractivity contribution in [1.82, 2.24) is 10.9 Å². The molecule has 27 heavy (non-hydrogen) atoms. The average molecular weight is 370 g/mol. The van der Waals surface area contributed by atoms with Crippen molar-refractivity contribution in [3.05, 3.63) is 53.1 Å². The maximum Gasteiger partial charge on any atom is 0.276 e. The summed E-state index contributed by atoms with van der Waals surface area (Å²) < 4.78 is 16.1. The molecule has 7 heteroatoms. The number of amides is 2. The van der Waals surface area contributed by atoms with Crippen LogP contribution in [0.25, 0.3) is 0 Å². The van der Waals surface area contributed by atoms with Crippen molar-refractivity contribution in [1.29, 1.82) is 0 Å². The van der Waals surface area contributed by atoms with Crippen LogP contribution in [0.2, 0.25) is 0 Å². The van der Waals surface area contributed by atoms with Gasteiger partial charge in [0, 0.05) is 5.56 Å². The molecule has 0 bridgehead atoms. The van der Waals surface area contributed by atoms with Gasteiger partial charge >= 0.3 is 0 Å². The Kier molecular flexibility index (Phi) is 5.49. The Morgan fingerprint density at radius 2 is 1.85 bits per heavy atom. The van der Waals surface area contributed by atoms with Gasteiger partial charge in [-0.05, 0) is 48.2 Å². The van der Waals surface area contributed by atoms with Gasteiger partial charge in [-0.3, -0.25) is 20.4 Å². The molecular formula is C20H22N2O5. The molecule has 1 heterocycles. The zero-order valence-corrected chi connectivity index (χ0v) is 15.5. The first-order valence-corrected chi connectivity index (χ1v) is 8.66. The maximum atomic E-state index is 12.1. The Labute approximate surface area is 157 Å². The molecule has 2 aromatic rings. The van der Waals surface area contributed by atoms with Crippen molar-refractivity contribution in [2.45, 2.75) is 26.7 Å². The summed E-state index contributed by atoms with van der Waals surface area (Å²) in [5.74, 6) is 1.11. The number of benzene rings is 2. The molecular weight excluding hydrogens is 348 g/mol. The van der Waals surface area contributed by atoms with Crippen LogP contribution < -0.4 is 25.1 Å². The van der Waals surface area contributed by atoms with Gasteiger partial charge in [-0.25, -0.2) is 0 Å². The van der Waals surface area contributed by atoms with Crippen LogP contribution in [0.3, 0.4) is 0 Å². The fraction of sp³-hybridized carbons (Fsp3) is 0.300. The number of hydrazine groups is 1. The monoisotopic (exact) mass is 370 g/mol. The van der Waals surface area contributed by atoms with Crippen molar-refractivity contribution < 1.29 is 23.8 Å². The van der Waals surface area contributed by atoms with Crippen LogP contribution in [0, 0.1) is 6.92 Å². The second kappa shape index (κ2) is 7.99. The number of rotatable bonds is 5. The summed E-state index contributed by atoms with van der Waals surface area (Å²) in [6, 6.07) is 10.7. The van der Waals surface area contributed by atoms with Gasteiger partial charge in [-0.1, -0.05) is 26.0 Å². The van der Waals surface area contributed by atoms with Gasteiger partial charge in [0.15, 0.2) is 18.1 Å².